The molecule has 5 nitrogen and oxygen atoms in total. The van der Waals surface area contributed by atoms with Gasteiger partial charge in [-0.25, -0.2) is 9.37 Å². The lowest BCUT2D eigenvalue weighted by atomic mass is 10.0. The summed E-state index contributed by atoms with van der Waals surface area (Å²) in [4.78, 5) is 10.8. The van der Waals surface area contributed by atoms with Gasteiger partial charge in [-0.05, 0) is 32.9 Å². The van der Waals surface area contributed by atoms with Gasteiger partial charge in [0.2, 0.25) is 0 Å². The number of anilines is 3. The first-order valence-corrected chi connectivity index (χ1v) is 9.46. The van der Waals surface area contributed by atoms with Gasteiger partial charge in [0.1, 0.15) is 11.5 Å². The van der Waals surface area contributed by atoms with Crippen molar-refractivity contribution >= 4 is 45.3 Å². The normalized spacial score (nSPS) is 14.6. The molecule has 0 bridgehead atoms. The summed E-state index contributed by atoms with van der Waals surface area (Å²) in [5.74, 6) is 0.329. The third-order valence-electron chi connectivity index (χ3n) is 4.74. The summed E-state index contributed by atoms with van der Waals surface area (Å²) in [5, 5.41) is 3.39. The third kappa shape index (κ3) is 2.94. The molecule has 138 valence electrons. The van der Waals surface area contributed by atoms with Crippen molar-refractivity contribution in [2.75, 3.05) is 11.1 Å². The number of hydrogen-bond donors (Lipinski definition) is 2. The Hall–Kier alpha value is -2.93. The van der Waals surface area contributed by atoms with Crippen molar-refractivity contribution in [3.05, 3.63) is 58.1 Å². The SMILES string of the molecule is CC1=C(c2nc3sc(C)c(C)n3c2Nc2ccccc2N)C(F)=CN=CC1. The minimum Gasteiger partial charge on any atom is -0.397 e. The molecule has 0 saturated carbocycles. The molecule has 0 spiro atoms. The summed E-state index contributed by atoms with van der Waals surface area (Å²) in [5.41, 5.74) is 10.5. The summed E-state index contributed by atoms with van der Waals surface area (Å²) in [7, 11) is 0. The van der Waals surface area contributed by atoms with E-state index in [0.717, 1.165) is 21.9 Å². The number of allylic oxidation sites excluding steroid dienone is 3. The number of thiazole rings is 1. The number of fused-ring (bicyclic) bond motifs is 1. The second kappa shape index (κ2) is 6.66. The number of aromatic nitrogens is 2. The first-order chi connectivity index (χ1) is 13.0. The summed E-state index contributed by atoms with van der Waals surface area (Å²) >= 11 is 1.59. The van der Waals surface area contributed by atoms with Gasteiger partial charge < -0.3 is 11.1 Å². The van der Waals surface area contributed by atoms with Crippen molar-refractivity contribution in [1.29, 1.82) is 0 Å². The van der Waals surface area contributed by atoms with Crippen LogP contribution in [0.2, 0.25) is 0 Å². The van der Waals surface area contributed by atoms with E-state index in [0.29, 0.717) is 29.2 Å². The second-order valence-electron chi connectivity index (χ2n) is 6.55. The number of hydrogen-bond acceptors (Lipinski definition) is 5. The number of nitrogens with two attached hydrogens (primary N) is 1. The number of nitrogens with one attached hydrogen (secondary N) is 1. The highest BCUT2D eigenvalue weighted by Gasteiger charge is 2.25. The van der Waals surface area contributed by atoms with E-state index in [2.05, 4.69) is 17.2 Å². The molecule has 27 heavy (non-hydrogen) atoms. The molecule has 0 atom stereocenters. The van der Waals surface area contributed by atoms with Crippen molar-refractivity contribution in [3.63, 3.8) is 0 Å². The number of aliphatic imine (C=N–C) groups is 1. The monoisotopic (exact) mass is 381 g/mol. The van der Waals surface area contributed by atoms with Crippen molar-refractivity contribution < 1.29 is 4.39 Å². The molecular formula is C20H20FN5S. The number of imidazole rings is 1. The molecule has 3 N–H and O–H groups in total. The number of para-hydroxylation sites is 2. The maximum Gasteiger partial charge on any atom is 0.196 e. The molecule has 0 saturated heterocycles. The van der Waals surface area contributed by atoms with Crippen molar-refractivity contribution in [2.24, 2.45) is 4.99 Å². The average Bonchev–Trinajstić information content (AvgIpc) is 3.04. The zero-order chi connectivity index (χ0) is 19.1. The summed E-state index contributed by atoms with van der Waals surface area (Å²) in [6, 6.07) is 7.52. The molecule has 3 aromatic rings. The Morgan fingerprint density at radius 2 is 2.00 bits per heavy atom. The zero-order valence-electron chi connectivity index (χ0n) is 15.4. The van der Waals surface area contributed by atoms with Gasteiger partial charge in [0, 0.05) is 28.8 Å². The van der Waals surface area contributed by atoms with Crippen LogP contribution in [-0.2, 0) is 0 Å². The first-order valence-electron chi connectivity index (χ1n) is 8.65. The molecule has 7 heteroatoms. The lowest BCUT2D eigenvalue weighted by Crippen LogP contribution is -2.03. The quantitative estimate of drug-likeness (QED) is 0.597. The van der Waals surface area contributed by atoms with E-state index in [1.165, 1.54) is 11.1 Å². The van der Waals surface area contributed by atoms with Crippen LogP contribution in [-0.4, -0.2) is 15.6 Å². The van der Waals surface area contributed by atoms with Crippen LogP contribution in [0.3, 0.4) is 0 Å². The van der Waals surface area contributed by atoms with Crippen LogP contribution in [0.1, 0.15) is 29.6 Å². The number of rotatable bonds is 3. The van der Waals surface area contributed by atoms with Gasteiger partial charge in [-0.2, -0.15) is 0 Å². The molecule has 0 aliphatic carbocycles. The third-order valence-corrected chi connectivity index (χ3v) is 5.80. The topological polar surface area (TPSA) is 67.7 Å². The van der Waals surface area contributed by atoms with Crippen LogP contribution < -0.4 is 11.1 Å². The maximum absolute atomic E-state index is 14.8. The Balaban J connectivity index is 1.98. The molecule has 1 aliphatic rings. The predicted molar refractivity (Wildman–Crippen MR) is 112 cm³/mol. The minimum atomic E-state index is -0.384. The van der Waals surface area contributed by atoms with E-state index in [-0.39, 0.29) is 5.83 Å². The van der Waals surface area contributed by atoms with E-state index in [9.17, 15) is 4.39 Å². The Morgan fingerprint density at radius 1 is 1.22 bits per heavy atom. The largest absolute Gasteiger partial charge is 0.397 e. The van der Waals surface area contributed by atoms with Crippen LogP contribution >= 0.6 is 11.3 Å². The fourth-order valence-corrected chi connectivity index (χ4v) is 4.14. The van der Waals surface area contributed by atoms with Crippen LogP contribution in [0.25, 0.3) is 10.5 Å². The number of benzene rings is 1. The van der Waals surface area contributed by atoms with E-state index >= 15 is 0 Å². The summed E-state index contributed by atoms with van der Waals surface area (Å²) in [6.07, 6.45) is 3.53. The molecule has 4 rings (SSSR count). The van der Waals surface area contributed by atoms with Gasteiger partial charge in [0.25, 0.3) is 0 Å². The molecule has 0 unspecified atom stereocenters. The second-order valence-corrected chi connectivity index (χ2v) is 7.73. The molecule has 0 fully saturated rings. The average molecular weight is 381 g/mol. The van der Waals surface area contributed by atoms with E-state index in [1.807, 2.05) is 42.5 Å². The van der Waals surface area contributed by atoms with Gasteiger partial charge in [0.15, 0.2) is 10.8 Å². The Labute approximate surface area is 160 Å². The van der Waals surface area contributed by atoms with E-state index in [4.69, 9.17) is 10.7 Å². The molecule has 1 aliphatic heterocycles. The van der Waals surface area contributed by atoms with Crippen molar-refractivity contribution in [1.82, 2.24) is 9.38 Å². The smallest absolute Gasteiger partial charge is 0.196 e. The molecule has 0 radical (unpaired) electrons. The summed E-state index contributed by atoms with van der Waals surface area (Å²) in [6.45, 7) is 6.00. The van der Waals surface area contributed by atoms with Crippen molar-refractivity contribution in [2.45, 2.75) is 27.2 Å². The Kier molecular flexibility index (Phi) is 4.31. The van der Waals surface area contributed by atoms with Gasteiger partial charge in [0.05, 0.1) is 17.6 Å². The number of nitrogens with zero attached hydrogens (tertiary/aromatic N) is 3. The van der Waals surface area contributed by atoms with Gasteiger partial charge in [-0.3, -0.25) is 9.39 Å². The highest BCUT2D eigenvalue weighted by Crippen LogP contribution is 2.39. The summed E-state index contributed by atoms with van der Waals surface area (Å²) < 4.78 is 16.9. The van der Waals surface area contributed by atoms with Crippen LogP contribution in [0.15, 0.2) is 46.9 Å². The van der Waals surface area contributed by atoms with Gasteiger partial charge in [-0.15, -0.1) is 11.3 Å². The van der Waals surface area contributed by atoms with Gasteiger partial charge >= 0.3 is 0 Å². The first kappa shape index (κ1) is 17.5. The Morgan fingerprint density at radius 3 is 2.78 bits per heavy atom. The molecule has 2 aromatic heterocycles. The molecular weight excluding hydrogens is 361 g/mol. The van der Waals surface area contributed by atoms with Crippen LogP contribution in [0.4, 0.5) is 21.6 Å². The van der Waals surface area contributed by atoms with Crippen LogP contribution in [0, 0.1) is 13.8 Å². The standard InChI is InChI=1S/C20H20FN5S/c1-11-8-9-23-10-14(21)17(11)18-19(24-16-7-5-4-6-15(16)22)26-12(2)13(3)27-20(26)25-18/h4-7,9-10,24H,8,22H2,1-3H3. The maximum atomic E-state index is 14.8. The fraction of sp³-hybridized carbons (Fsp3) is 0.200. The molecule has 1 aromatic carbocycles. The number of halogens is 1. The van der Waals surface area contributed by atoms with Crippen molar-refractivity contribution in [3.8, 4) is 0 Å². The number of nitrogen functional groups attached to an aromatic ring is 1. The van der Waals surface area contributed by atoms with Crippen LogP contribution in [0.5, 0.6) is 0 Å². The lowest BCUT2D eigenvalue weighted by molar-refractivity contribution is 0.669. The van der Waals surface area contributed by atoms with Gasteiger partial charge in [-0.1, -0.05) is 17.7 Å². The predicted octanol–water partition coefficient (Wildman–Crippen LogP) is 5.40. The highest BCUT2D eigenvalue weighted by molar-refractivity contribution is 7.17. The zero-order valence-corrected chi connectivity index (χ0v) is 16.2. The fourth-order valence-electron chi connectivity index (χ4n) is 3.17. The highest BCUT2D eigenvalue weighted by atomic mass is 32.1. The number of aryl methyl sites for hydroxylation is 2. The molecule has 3 heterocycles. The van der Waals surface area contributed by atoms with E-state index < -0.39 is 0 Å². The minimum absolute atomic E-state index is 0.384. The lowest BCUT2D eigenvalue weighted by Gasteiger charge is -2.13. The molecule has 0 amide bonds. The van der Waals surface area contributed by atoms with E-state index in [1.54, 1.807) is 17.6 Å². The Bertz CT molecular complexity index is 1130.